The Morgan fingerprint density at radius 2 is 1.68 bits per heavy atom. The molecular weight excluding hydrogens is 236 g/mol. The van der Waals surface area contributed by atoms with Crippen LogP contribution in [0.2, 0.25) is 0 Å². The average Bonchev–Trinajstić information content (AvgIpc) is 2.73. The summed E-state index contributed by atoms with van der Waals surface area (Å²) >= 11 is 0. The average molecular weight is 252 g/mol. The van der Waals surface area contributed by atoms with E-state index in [0.717, 1.165) is 16.7 Å². The first-order chi connectivity index (χ1) is 9.31. The second kappa shape index (κ2) is 4.86. The second-order valence-electron chi connectivity index (χ2n) is 4.76. The molecule has 3 rings (SSSR count). The molecule has 2 aromatic carbocycles. The summed E-state index contributed by atoms with van der Waals surface area (Å²) in [6, 6.07) is 17.7. The summed E-state index contributed by atoms with van der Waals surface area (Å²) in [6.45, 7) is 1.06. The lowest BCUT2D eigenvalue weighted by atomic mass is 10.1. The zero-order valence-corrected chi connectivity index (χ0v) is 10.6. The molecule has 3 heteroatoms. The highest BCUT2D eigenvalue weighted by atomic mass is 16.2. The lowest BCUT2D eigenvalue weighted by molar-refractivity contribution is 0.0715. The van der Waals surface area contributed by atoms with Gasteiger partial charge in [-0.2, -0.15) is 0 Å². The van der Waals surface area contributed by atoms with E-state index in [1.807, 2.05) is 59.5 Å². The smallest absolute Gasteiger partial charge is 0.255 e. The third kappa shape index (κ3) is 2.02. The van der Waals surface area contributed by atoms with Crippen LogP contribution in [0.15, 0.2) is 54.6 Å². The molecule has 0 radical (unpaired) electrons. The topological polar surface area (TPSA) is 46.3 Å². The molecule has 0 saturated carbocycles. The Balaban J connectivity index is 1.93. The zero-order valence-electron chi connectivity index (χ0n) is 10.6. The van der Waals surface area contributed by atoms with Gasteiger partial charge in [-0.25, -0.2) is 0 Å². The largest absolute Gasteiger partial charge is 0.328 e. The van der Waals surface area contributed by atoms with Gasteiger partial charge in [-0.3, -0.25) is 4.79 Å². The van der Waals surface area contributed by atoms with Crippen LogP contribution in [0, 0.1) is 0 Å². The first-order valence-electron chi connectivity index (χ1n) is 6.45. The Bertz CT molecular complexity index is 595. The number of nitrogens with two attached hydrogens (primary N) is 1. The molecule has 3 nitrogen and oxygen atoms in total. The van der Waals surface area contributed by atoms with Gasteiger partial charge in [0.2, 0.25) is 0 Å². The van der Waals surface area contributed by atoms with Crippen molar-refractivity contribution >= 4 is 5.91 Å². The van der Waals surface area contributed by atoms with Crippen molar-refractivity contribution < 1.29 is 4.79 Å². The predicted octanol–water partition coefficient (Wildman–Crippen LogP) is 2.34. The zero-order chi connectivity index (χ0) is 13.2. The Morgan fingerprint density at radius 1 is 1.00 bits per heavy atom. The minimum Gasteiger partial charge on any atom is -0.328 e. The van der Waals surface area contributed by atoms with Crippen LogP contribution in [0.4, 0.5) is 0 Å². The maximum Gasteiger partial charge on any atom is 0.255 e. The number of fused-ring (bicyclic) bond motifs is 1. The fourth-order valence-corrected chi connectivity index (χ4v) is 2.66. The number of hydrogen-bond acceptors (Lipinski definition) is 2. The molecule has 0 bridgehead atoms. The van der Waals surface area contributed by atoms with Gasteiger partial charge < -0.3 is 10.6 Å². The van der Waals surface area contributed by atoms with Gasteiger partial charge >= 0.3 is 0 Å². The predicted molar refractivity (Wildman–Crippen MR) is 74.6 cm³/mol. The SMILES string of the molecule is NC[C@H]1c2ccccc2C(=O)N1Cc1ccccc1. The third-order valence-electron chi connectivity index (χ3n) is 3.61. The summed E-state index contributed by atoms with van der Waals surface area (Å²) in [6.07, 6.45) is 0. The molecule has 1 atom stereocenters. The number of amides is 1. The summed E-state index contributed by atoms with van der Waals surface area (Å²) in [5.41, 5.74) is 8.82. The van der Waals surface area contributed by atoms with Crippen LogP contribution in [-0.4, -0.2) is 17.4 Å². The van der Waals surface area contributed by atoms with Gasteiger partial charge in [0, 0.05) is 18.7 Å². The maximum absolute atomic E-state index is 12.4. The van der Waals surface area contributed by atoms with Gasteiger partial charge in [0.1, 0.15) is 0 Å². The Hall–Kier alpha value is -2.13. The molecule has 0 spiro atoms. The molecule has 0 aliphatic carbocycles. The van der Waals surface area contributed by atoms with E-state index in [1.165, 1.54) is 0 Å². The minimum absolute atomic E-state index is 0.0103. The standard InChI is InChI=1S/C16H16N2O/c17-10-15-13-8-4-5-9-14(13)16(19)18(15)11-12-6-2-1-3-7-12/h1-9,15H,10-11,17H2/t15-/m0/s1. The fourth-order valence-electron chi connectivity index (χ4n) is 2.66. The number of carbonyl (C=O) groups is 1. The van der Waals surface area contributed by atoms with Gasteiger partial charge in [0.15, 0.2) is 0 Å². The molecule has 19 heavy (non-hydrogen) atoms. The van der Waals surface area contributed by atoms with E-state index in [4.69, 9.17) is 5.73 Å². The highest BCUT2D eigenvalue weighted by molar-refractivity contribution is 5.99. The van der Waals surface area contributed by atoms with Crippen LogP contribution in [0.25, 0.3) is 0 Å². The molecule has 1 heterocycles. The van der Waals surface area contributed by atoms with Crippen molar-refractivity contribution in [2.45, 2.75) is 12.6 Å². The summed E-state index contributed by atoms with van der Waals surface area (Å²) < 4.78 is 0. The number of nitrogens with zero attached hydrogens (tertiary/aromatic N) is 1. The first kappa shape index (κ1) is 11.9. The highest BCUT2D eigenvalue weighted by Gasteiger charge is 2.35. The van der Waals surface area contributed by atoms with Crippen LogP contribution in [0.1, 0.15) is 27.5 Å². The Morgan fingerprint density at radius 3 is 2.42 bits per heavy atom. The molecule has 1 aliphatic rings. The van der Waals surface area contributed by atoms with Crippen LogP contribution in [0.5, 0.6) is 0 Å². The highest BCUT2D eigenvalue weighted by Crippen LogP contribution is 2.33. The van der Waals surface area contributed by atoms with Gasteiger partial charge in [-0.05, 0) is 17.2 Å². The first-order valence-corrected chi connectivity index (χ1v) is 6.45. The van der Waals surface area contributed by atoms with Crippen molar-refractivity contribution in [3.8, 4) is 0 Å². The van der Waals surface area contributed by atoms with Crippen molar-refractivity contribution in [3.05, 3.63) is 71.3 Å². The van der Waals surface area contributed by atoms with Crippen LogP contribution in [-0.2, 0) is 6.54 Å². The maximum atomic E-state index is 12.4. The molecule has 2 aromatic rings. The van der Waals surface area contributed by atoms with Gasteiger partial charge in [0.05, 0.1) is 6.04 Å². The van der Waals surface area contributed by atoms with E-state index in [-0.39, 0.29) is 11.9 Å². The van der Waals surface area contributed by atoms with E-state index in [2.05, 4.69) is 0 Å². The number of rotatable bonds is 3. The number of benzene rings is 2. The van der Waals surface area contributed by atoms with Crippen LogP contribution < -0.4 is 5.73 Å². The Labute approximate surface area is 112 Å². The Kier molecular flexibility index (Phi) is 3.05. The molecule has 0 aromatic heterocycles. The van der Waals surface area contributed by atoms with Crippen molar-refractivity contribution in [2.75, 3.05) is 6.54 Å². The van der Waals surface area contributed by atoms with E-state index in [0.29, 0.717) is 13.1 Å². The van der Waals surface area contributed by atoms with Gasteiger partial charge in [-0.1, -0.05) is 48.5 Å². The molecule has 0 unspecified atom stereocenters. The summed E-state index contributed by atoms with van der Waals surface area (Å²) in [5.74, 6) is 0.0786. The van der Waals surface area contributed by atoms with E-state index < -0.39 is 0 Å². The monoisotopic (exact) mass is 252 g/mol. The third-order valence-corrected chi connectivity index (χ3v) is 3.61. The fraction of sp³-hybridized carbons (Fsp3) is 0.188. The normalized spacial score (nSPS) is 17.6. The number of hydrogen-bond donors (Lipinski definition) is 1. The molecule has 96 valence electrons. The lowest BCUT2D eigenvalue weighted by Crippen LogP contribution is -2.31. The van der Waals surface area contributed by atoms with E-state index >= 15 is 0 Å². The van der Waals surface area contributed by atoms with E-state index in [9.17, 15) is 4.79 Å². The minimum atomic E-state index is -0.0103. The number of carbonyl (C=O) groups excluding carboxylic acids is 1. The molecule has 1 amide bonds. The van der Waals surface area contributed by atoms with E-state index in [1.54, 1.807) is 0 Å². The quantitative estimate of drug-likeness (QED) is 0.911. The molecule has 1 aliphatic heterocycles. The van der Waals surface area contributed by atoms with Crippen molar-refractivity contribution in [2.24, 2.45) is 5.73 Å². The van der Waals surface area contributed by atoms with Crippen LogP contribution >= 0.6 is 0 Å². The summed E-state index contributed by atoms with van der Waals surface area (Å²) in [4.78, 5) is 14.3. The lowest BCUT2D eigenvalue weighted by Gasteiger charge is -2.24. The van der Waals surface area contributed by atoms with Crippen molar-refractivity contribution in [1.29, 1.82) is 0 Å². The van der Waals surface area contributed by atoms with Crippen molar-refractivity contribution in [3.63, 3.8) is 0 Å². The molecular formula is C16H16N2O. The van der Waals surface area contributed by atoms with Crippen molar-refractivity contribution in [1.82, 2.24) is 4.90 Å². The van der Waals surface area contributed by atoms with Crippen LogP contribution in [0.3, 0.4) is 0 Å². The summed E-state index contributed by atoms with van der Waals surface area (Å²) in [7, 11) is 0. The van der Waals surface area contributed by atoms with Gasteiger partial charge in [0.25, 0.3) is 5.91 Å². The second-order valence-corrected chi connectivity index (χ2v) is 4.76. The van der Waals surface area contributed by atoms with Gasteiger partial charge in [-0.15, -0.1) is 0 Å². The molecule has 0 fully saturated rings. The molecule has 2 N–H and O–H groups in total. The molecule has 0 saturated heterocycles. The summed E-state index contributed by atoms with van der Waals surface area (Å²) in [5, 5.41) is 0.